The summed E-state index contributed by atoms with van der Waals surface area (Å²) in [5, 5.41) is 13.5. The minimum Gasteiger partial charge on any atom is -0.349 e. The number of rotatable bonds is 6. The number of carbonyl (C=O) groups excluding carboxylic acids is 1. The first kappa shape index (κ1) is 21.8. The van der Waals surface area contributed by atoms with E-state index in [0.717, 1.165) is 28.5 Å². The van der Waals surface area contributed by atoms with E-state index >= 15 is 0 Å². The average Bonchev–Trinajstić information content (AvgIpc) is 2.78. The van der Waals surface area contributed by atoms with E-state index in [0.29, 0.717) is 10.7 Å². The number of amides is 1. The maximum absolute atomic E-state index is 13.9. The Morgan fingerprint density at radius 1 is 0.938 bits per heavy atom. The summed E-state index contributed by atoms with van der Waals surface area (Å²) in [5.41, 5.74) is 1.56. The molecule has 0 spiro atoms. The first-order valence-corrected chi connectivity index (χ1v) is 10.8. The van der Waals surface area contributed by atoms with Crippen LogP contribution >= 0.6 is 11.8 Å². The van der Waals surface area contributed by atoms with Crippen molar-refractivity contribution >= 4 is 28.4 Å². The molecule has 0 aliphatic heterocycles. The third kappa shape index (κ3) is 4.75. The second-order valence-electron chi connectivity index (χ2n) is 7.15. The normalized spacial score (nSPS) is 12.0. The molecule has 1 amide bonds. The first-order valence-electron chi connectivity index (χ1n) is 9.81. The Morgan fingerprint density at radius 3 is 2.34 bits per heavy atom. The molecule has 0 aliphatic carbocycles. The Kier molecular flexibility index (Phi) is 6.41. The lowest BCUT2D eigenvalue weighted by molar-refractivity contribution is -0.119. The van der Waals surface area contributed by atoms with Gasteiger partial charge in [0.1, 0.15) is 28.2 Å². The van der Waals surface area contributed by atoms with Gasteiger partial charge in [0.05, 0.1) is 11.8 Å². The molecule has 1 atom stereocenters. The van der Waals surface area contributed by atoms with E-state index in [1.165, 1.54) is 30.0 Å². The monoisotopic (exact) mass is 453 g/mol. The molecule has 4 nitrogen and oxygen atoms in total. The highest BCUT2D eigenvalue weighted by atomic mass is 32.2. The van der Waals surface area contributed by atoms with E-state index in [4.69, 9.17) is 0 Å². The van der Waals surface area contributed by atoms with E-state index in [2.05, 4.69) is 15.5 Å². The van der Waals surface area contributed by atoms with Gasteiger partial charge in [-0.2, -0.15) is 0 Å². The van der Waals surface area contributed by atoms with E-state index in [1.54, 1.807) is 19.1 Å². The summed E-state index contributed by atoms with van der Waals surface area (Å²) < 4.78 is 40.3. The molecule has 0 aliphatic rings. The van der Waals surface area contributed by atoms with Crippen molar-refractivity contribution in [1.29, 1.82) is 0 Å². The number of hydrogen-bond acceptors (Lipinski definition) is 4. The molecule has 0 radical (unpaired) electrons. The lowest BCUT2D eigenvalue weighted by Gasteiger charge is -2.15. The number of carbonyl (C=O) groups is 1. The van der Waals surface area contributed by atoms with E-state index < -0.39 is 17.7 Å². The van der Waals surface area contributed by atoms with Crippen LogP contribution in [0.15, 0.2) is 71.8 Å². The molecule has 32 heavy (non-hydrogen) atoms. The molecule has 4 rings (SSSR count). The van der Waals surface area contributed by atoms with Crippen LogP contribution in [-0.2, 0) is 4.79 Å². The van der Waals surface area contributed by atoms with Crippen molar-refractivity contribution < 1.29 is 18.0 Å². The highest BCUT2D eigenvalue weighted by Crippen LogP contribution is 2.31. The Hall–Kier alpha value is -3.39. The first-order chi connectivity index (χ1) is 15.4. The zero-order valence-corrected chi connectivity index (χ0v) is 17.8. The third-order valence-corrected chi connectivity index (χ3v) is 5.90. The fraction of sp³-hybridized carbons (Fsp3) is 0.125. The predicted octanol–water partition coefficient (Wildman–Crippen LogP) is 5.68. The Labute approximate surface area is 186 Å². The third-order valence-electron chi connectivity index (χ3n) is 4.92. The van der Waals surface area contributed by atoms with Crippen molar-refractivity contribution in [3.05, 3.63) is 89.7 Å². The van der Waals surface area contributed by atoms with Crippen LogP contribution in [0.1, 0.15) is 18.5 Å². The highest BCUT2D eigenvalue weighted by molar-refractivity contribution is 8.00. The van der Waals surface area contributed by atoms with Crippen LogP contribution < -0.4 is 5.32 Å². The number of benzene rings is 3. The van der Waals surface area contributed by atoms with Gasteiger partial charge in [0.25, 0.3) is 0 Å². The van der Waals surface area contributed by atoms with Gasteiger partial charge in [-0.3, -0.25) is 4.79 Å². The summed E-state index contributed by atoms with van der Waals surface area (Å²) >= 11 is 1.21. The lowest BCUT2D eigenvalue weighted by atomic mass is 10.1. The second-order valence-corrected chi connectivity index (χ2v) is 8.11. The van der Waals surface area contributed by atoms with Gasteiger partial charge in [0.2, 0.25) is 5.91 Å². The molecule has 0 fully saturated rings. The molecular formula is C24H18F3N3OS. The topological polar surface area (TPSA) is 54.9 Å². The highest BCUT2D eigenvalue weighted by Gasteiger charge is 2.16. The number of thioether (sulfide) groups is 1. The number of hydrogen-bond donors (Lipinski definition) is 1. The molecule has 1 N–H and O–H groups in total. The standard InChI is InChI=1S/C24H18F3N3OS/c1-14(18-11-10-17(26)12-21(18)27)28-22(31)13-32-24-20-5-3-2-4-19(20)23(29-30-24)15-6-8-16(25)9-7-15/h2-12,14H,13H2,1H3,(H,28,31). The van der Waals surface area contributed by atoms with Gasteiger partial charge < -0.3 is 5.32 Å². The van der Waals surface area contributed by atoms with Crippen molar-refractivity contribution in [1.82, 2.24) is 15.5 Å². The van der Waals surface area contributed by atoms with Crippen LogP contribution in [0, 0.1) is 17.5 Å². The molecule has 4 aromatic rings. The maximum atomic E-state index is 13.9. The molecule has 0 saturated heterocycles. The predicted molar refractivity (Wildman–Crippen MR) is 119 cm³/mol. The molecule has 1 heterocycles. The lowest BCUT2D eigenvalue weighted by Crippen LogP contribution is -2.28. The maximum Gasteiger partial charge on any atom is 0.230 e. The van der Waals surface area contributed by atoms with Gasteiger partial charge in [0.15, 0.2) is 0 Å². The van der Waals surface area contributed by atoms with Gasteiger partial charge in [-0.05, 0) is 37.3 Å². The van der Waals surface area contributed by atoms with Crippen LogP contribution in [-0.4, -0.2) is 21.9 Å². The molecule has 0 saturated carbocycles. The van der Waals surface area contributed by atoms with Gasteiger partial charge >= 0.3 is 0 Å². The largest absolute Gasteiger partial charge is 0.349 e. The zero-order chi connectivity index (χ0) is 22.7. The number of nitrogens with one attached hydrogen (secondary N) is 1. The second kappa shape index (κ2) is 9.40. The van der Waals surface area contributed by atoms with Crippen LogP contribution in [0.2, 0.25) is 0 Å². The minimum absolute atomic E-state index is 0.0434. The van der Waals surface area contributed by atoms with Crippen molar-refractivity contribution in [2.24, 2.45) is 0 Å². The summed E-state index contributed by atoms with van der Waals surface area (Å²) in [6.45, 7) is 1.63. The van der Waals surface area contributed by atoms with Crippen LogP contribution in [0.3, 0.4) is 0 Å². The van der Waals surface area contributed by atoms with E-state index in [9.17, 15) is 18.0 Å². The minimum atomic E-state index is -0.710. The van der Waals surface area contributed by atoms with E-state index in [-0.39, 0.29) is 23.0 Å². The van der Waals surface area contributed by atoms with Crippen molar-refractivity contribution in [2.75, 3.05) is 5.75 Å². The molecule has 1 unspecified atom stereocenters. The number of aromatic nitrogens is 2. The summed E-state index contributed by atoms with van der Waals surface area (Å²) in [4.78, 5) is 12.4. The van der Waals surface area contributed by atoms with Crippen LogP contribution in [0.4, 0.5) is 13.2 Å². The molecule has 0 bridgehead atoms. The fourth-order valence-electron chi connectivity index (χ4n) is 3.35. The Balaban J connectivity index is 1.50. The summed E-state index contributed by atoms with van der Waals surface area (Å²) in [6, 6.07) is 16.2. The fourth-order valence-corrected chi connectivity index (χ4v) is 4.14. The summed E-state index contributed by atoms with van der Waals surface area (Å²) in [5.74, 6) is -1.99. The molecule has 8 heteroatoms. The smallest absolute Gasteiger partial charge is 0.230 e. The number of halogens is 3. The van der Waals surface area contributed by atoms with Gasteiger partial charge in [0, 0.05) is 28.0 Å². The van der Waals surface area contributed by atoms with E-state index in [1.807, 2.05) is 24.3 Å². The molecule has 162 valence electrons. The van der Waals surface area contributed by atoms with Gasteiger partial charge in [-0.15, -0.1) is 10.2 Å². The van der Waals surface area contributed by atoms with Crippen LogP contribution in [0.25, 0.3) is 22.0 Å². The summed E-state index contributed by atoms with van der Waals surface area (Å²) in [7, 11) is 0. The zero-order valence-electron chi connectivity index (χ0n) is 17.0. The van der Waals surface area contributed by atoms with Gasteiger partial charge in [-0.25, -0.2) is 13.2 Å². The Morgan fingerprint density at radius 2 is 1.62 bits per heavy atom. The van der Waals surface area contributed by atoms with Gasteiger partial charge in [-0.1, -0.05) is 42.1 Å². The Bertz CT molecular complexity index is 1280. The molecule has 3 aromatic carbocycles. The molecule has 1 aromatic heterocycles. The number of nitrogens with zero attached hydrogens (tertiary/aromatic N) is 2. The van der Waals surface area contributed by atoms with Crippen molar-refractivity contribution in [2.45, 2.75) is 18.0 Å². The van der Waals surface area contributed by atoms with Crippen molar-refractivity contribution in [3.8, 4) is 11.3 Å². The van der Waals surface area contributed by atoms with Crippen LogP contribution in [0.5, 0.6) is 0 Å². The average molecular weight is 453 g/mol. The van der Waals surface area contributed by atoms with Crippen molar-refractivity contribution in [3.63, 3.8) is 0 Å². The summed E-state index contributed by atoms with van der Waals surface area (Å²) in [6.07, 6.45) is 0. The number of fused-ring (bicyclic) bond motifs is 1. The quantitative estimate of drug-likeness (QED) is 0.382. The SMILES string of the molecule is CC(NC(=O)CSc1nnc(-c2ccc(F)cc2)c2ccccc12)c1ccc(F)cc1F. The molecular weight excluding hydrogens is 435 g/mol.